The summed E-state index contributed by atoms with van der Waals surface area (Å²) in [5, 5.41) is 6.56. The van der Waals surface area contributed by atoms with E-state index in [1.165, 1.54) is 17.4 Å². The normalized spacial score (nSPS) is 17.6. The number of rotatable bonds is 9. The summed E-state index contributed by atoms with van der Waals surface area (Å²) in [5.74, 6) is -11.1. The van der Waals surface area contributed by atoms with Crippen molar-refractivity contribution >= 4 is 33.5 Å². The molecule has 54 heavy (non-hydrogen) atoms. The number of hydrogen-bond acceptors (Lipinski definition) is 6. The van der Waals surface area contributed by atoms with Crippen LogP contribution in [0.1, 0.15) is 56.9 Å². The van der Waals surface area contributed by atoms with Gasteiger partial charge in [0.25, 0.3) is 11.8 Å². The van der Waals surface area contributed by atoms with Crippen LogP contribution in [-0.4, -0.2) is 31.6 Å². The monoisotopic (exact) mass is 768 g/mol. The Labute approximate surface area is 303 Å². The van der Waals surface area contributed by atoms with Gasteiger partial charge in [-0.3, -0.25) is 14.3 Å². The van der Waals surface area contributed by atoms with Crippen LogP contribution in [0.15, 0.2) is 72.8 Å². The molecular formula is C37H24F8N6O2S. The number of thiazole rings is 1. The molecule has 3 N–H and O–H groups in total. The van der Waals surface area contributed by atoms with E-state index in [-0.39, 0.29) is 40.9 Å². The number of halogens is 8. The molecule has 3 aromatic heterocycles. The molecule has 0 spiro atoms. The van der Waals surface area contributed by atoms with Gasteiger partial charge in [0.1, 0.15) is 34.7 Å². The summed E-state index contributed by atoms with van der Waals surface area (Å²) in [6.45, 7) is -1.07. The van der Waals surface area contributed by atoms with E-state index in [0.29, 0.717) is 20.5 Å². The van der Waals surface area contributed by atoms with Crippen molar-refractivity contribution in [3.8, 4) is 21.7 Å². The Hall–Kier alpha value is -5.71. The van der Waals surface area contributed by atoms with Crippen LogP contribution in [-0.2, 0) is 29.9 Å². The summed E-state index contributed by atoms with van der Waals surface area (Å²) in [7, 11) is 0. The fourth-order valence-corrected chi connectivity index (χ4v) is 8.06. The van der Waals surface area contributed by atoms with Gasteiger partial charge in [0, 0.05) is 28.7 Å². The van der Waals surface area contributed by atoms with Gasteiger partial charge < -0.3 is 11.1 Å². The number of primary amides is 1. The number of aromatic nitrogens is 4. The third-order valence-corrected chi connectivity index (χ3v) is 10.5. The molecule has 3 aromatic carbocycles. The third-order valence-electron chi connectivity index (χ3n) is 9.50. The molecule has 276 valence electrons. The SMILES string of the molecule is NC(=O)c1cc(-c2cc3sc(-c4ccccc4)nc3nc2C(Cc2cc(F)cc(F)c2)NC(=O)Cn2nc(C(F)(F)F)c3c2C(F)(F)[C@@H]2CC32)ccc1F. The third kappa shape index (κ3) is 6.25. The van der Waals surface area contributed by atoms with E-state index in [0.717, 1.165) is 29.8 Å². The molecule has 0 bridgehead atoms. The molecular weight excluding hydrogens is 744 g/mol. The van der Waals surface area contributed by atoms with Gasteiger partial charge in [0.15, 0.2) is 11.3 Å². The smallest absolute Gasteiger partial charge is 0.366 e. The standard InChI is InChI=1S/C37H24F8N6O2S/c38-19-8-16(9-20(39)12-19)10-26(47-28(52)15-51-32-29(31(50-51)37(43,44)45)22-13-24(22)36(32,41)42)30-21(18-6-7-25(40)23(11-18)33(46)53)14-27-34(48-30)49-35(54-27)17-4-2-1-3-5-17/h1-9,11-12,14,22,24,26H,10,13,15H2,(H2,46,53)(H,47,52)/t22?,24-,26?/m1/s1. The van der Waals surface area contributed by atoms with Crippen molar-refractivity contribution in [2.45, 2.75) is 43.4 Å². The lowest BCUT2D eigenvalue weighted by Gasteiger charge is -2.23. The molecule has 1 fully saturated rings. The van der Waals surface area contributed by atoms with Crippen molar-refractivity contribution in [1.82, 2.24) is 25.1 Å². The van der Waals surface area contributed by atoms with Gasteiger partial charge in [0.05, 0.1) is 22.0 Å². The fraction of sp³-hybridized carbons (Fsp3) is 0.216. The molecule has 2 aliphatic carbocycles. The van der Waals surface area contributed by atoms with E-state index in [2.05, 4.69) is 15.4 Å². The van der Waals surface area contributed by atoms with E-state index < -0.39 is 88.3 Å². The van der Waals surface area contributed by atoms with Crippen molar-refractivity contribution < 1.29 is 44.7 Å². The Bertz CT molecular complexity index is 2480. The minimum atomic E-state index is -5.07. The number of pyridine rings is 1. The van der Waals surface area contributed by atoms with Crippen LogP contribution in [0.3, 0.4) is 0 Å². The lowest BCUT2D eigenvalue weighted by Crippen LogP contribution is -2.35. The molecule has 0 saturated heterocycles. The Kier molecular flexibility index (Phi) is 8.31. The van der Waals surface area contributed by atoms with Gasteiger partial charge in [-0.05, 0) is 60.2 Å². The second-order valence-electron chi connectivity index (χ2n) is 13.1. The summed E-state index contributed by atoms with van der Waals surface area (Å²) >= 11 is 1.24. The molecule has 8 nitrogen and oxygen atoms in total. The number of nitrogens with zero attached hydrogens (tertiary/aromatic N) is 4. The van der Waals surface area contributed by atoms with Crippen molar-refractivity contribution in [2.24, 2.45) is 11.7 Å². The van der Waals surface area contributed by atoms with E-state index in [9.17, 15) is 35.9 Å². The van der Waals surface area contributed by atoms with E-state index in [1.54, 1.807) is 18.2 Å². The minimum absolute atomic E-state index is 0.0109. The van der Waals surface area contributed by atoms with Crippen molar-refractivity contribution in [1.29, 1.82) is 0 Å². The lowest BCUT2D eigenvalue weighted by molar-refractivity contribution is -0.142. The zero-order chi connectivity index (χ0) is 38.3. The lowest BCUT2D eigenvalue weighted by atomic mass is 9.94. The summed E-state index contributed by atoms with van der Waals surface area (Å²) in [6.07, 6.45) is -5.59. The predicted octanol–water partition coefficient (Wildman–Crippen LogP) is 8.07. The highest BCUT2D eigenvalue weighted by Crippen LogP contribution is 2.68. The molecule has 2 amide bonds. The van der Waals surface area contributed by atoms with Gasteiger partial charge in [-0.25, -0.2) is 23.1 Å². The first-order valence-electron chi connectivity index (χ1n) is 16.4. The first-order chi connectivity index (χ1) is 25.6. The van der Waals surface area contributed by atoms with Crippen LogP contribution in [0.25, 0.3) is 32.0 Å². The number of nitrogens with two attached hydrogens (primary N) is 1. The summed E-state index contributed by atoms with van der Waals surface area (Å²) in [5.41, 5.74) is 3.11. The van der Waals surface area contributed by atoms with Gasteiger partial charge in [-0.2, -0.15) is 27.1 Å². The summed E-state index contributed by atoms with van der Waals surface area (Å²) in [6, 6.07) is 15.3. The van der Waals surface area contributed by atoms with Gasteiger partial charge in [0.2, 0.25) is 5.91 Å². The molecule has 3 heterocycles. The average Bonchev–Trinajstić information content (AvgIpc) is 3.55. The topological polar surface area (TPSA) is 116 Å². The van der Waals surface area contributed by atoms with Crippen molar-refractivity contribution in [3.05, 3.63) is 124 Å². The molecule has 0 aliphatic heterocycles. The van der Waals surface area contributed by atoms with Crippen molar-refractivity contribution in [2.75, 3.05) is 0 Å². The zero-order valence-corrected chi connectivity index (χ0v) is 28.2. The Balaban J connectivity index is 1.26. The van der Waals surface area contributed by atoms with Gasteiger partial charge >= 0.3 is 6.18 Å². The highest BCUT2D eigenvalue weighted by atomic mass is 32.1. The van der Waals surface area contributed by atoms with Crippen LogP contribution in [0, 0.1) is 23.4 Å². The van der Waals surface area contributed by atoms with Crippen LogP contribution >= 0.6 is 11.3 Å². The molecule has 2 unspecified atom stereocenters. The number of nitrogens with one attached hydrogen (secondary N) is 1. The molecule has 2 aliphatic rings. The van der Waals surface area contributed by atoms with Crippen LogP contribution in [0.4, 0.5) is 35.1 Å². The van der Waals surface area contributed by atoms with Crippen LogP contribution in [0.5, 0.6) is 0 Å². The number of hydrogen-bond donors (Lipinski definition) is 2. The molecule has 3 atom stereocenters. The van der Waals surface area contributed by atoms with E-state index >= 15 is 8.78 Å². The van der Waals surface area contributed by atoms with Crippen LogP contribution < -0.4 is 11.1 Å². The number of amides is 2. The first-order valence-corrected chi connectivity index (χ1v) is 17.2. The quantitative estimate of drug-likeness (QED) is 0.145. The Morgan fingerprint density at radius 2 is 1.69 bits per heavy atom. The number of carbonyl (C=O) groups is 2. The molecule has 6 aromatic rings. The molecule has 1 saturated carbocycles. The Morgan fingerprint density at radius 3 is 2.37 bits per heavy atom. The fourth-order valence-electron chi connectivity index (χ4n) is 7.11. The maximum Gasteiger partial charge on any atom is 0.435 e. The summed E-state index contributed by atoms with van der Waals surface area (Å²) < 4.78 is 117. The number of fused-ring (bicyclic) bond motifs is 4. The highest BCUT2D eigenvalue weighted by molar-refractivity contribution is 7.21. The highest BCUT2D eigenvalue weighted by Gasteiger charge is 2.68. The van der Waals surface area contributed by atoms with Gasteiger partial charge in [-0.1, -0.05) is 36.4 Å². The van der Waals surface area contributed by atoms with E-state index in [4.69, 9.17) is 10.7 Å². The van der Waals surface area contributed by atoms with Crippen LogP contribution in [0.2, 0.25) is 0 Å². The number of benzene rings is 3. The number of carbonyl (C=O) groups excluding carboxylic acids is 2. The first kappa shape index (κ1) is 35.3. The largest absolute Gasteiger partial charge is 0.435 e. The molecule has 17 heteroatoms. The summed E-state index contributed by atoms with van der Waals surface area (Å²) in [4.78, 5) is 35.3. The van der Waals surface area contributed by atoms with E-state index in [1.807, 2.05) is 18.2 Å². The second kappa shape index (κ2) is 12.7. The second-order valence-corrected chi connectivity index (χ2v) is 14.2. The maximum atomic E-state index is 15.3. The van der Waals surface area contributed by atoms with Gasteiger partial charge in [-0.15, -0.1) is 11.3 Å². The minimum Gasteiger partial charge on any atom is -0.366 e. The maximum absolute atomic E-state index is 15.3. The number of alkyl halides is 5. The Morgan fingerprint density at radius 1 is 0.963 bits per heavy atom. The molecule has 8 rings (SSSR count). The average molecular weight is 769 g/mol. The molecule has 0 radical (unpaired) electrons. The predicted molar refractivity (Wildman–Crippen MR) is 180 cm³/mol. The van der Waals surface area contributed by atoms with Crippen molar-refractivity contribution in [3.63, 3.8) is 0 Å². The zero-order valence-electron chi connectivity index (χ0n) is 27.4.